The molecule has 0 aliphatic carbocycles. The first-order chi connectivity index (χ1) is 7.25. The largest absolute Gasteiger partial charge is 0.340 e. The highest BCUT2D eigenvalue weighted by Gasteiger charge is 2.22. The molecule has 2 aliphatic rings. The molecular weight excluding hydrogens is 190 g/mol. The topological polar surface area (TPSA) is 35.6 Å². The van der Waals surface area contributed by atoms with Gasteiger partial charge < -0.3 is 10.2 Å². The van der Waals surface area contributed by atoms with E-state index >= 15 is 0 Å². The minimum atomic E-state index is 0.293. The Kier molecular flexibility index (Phi) is 3.59. The number of nitrogens with zero attached hydrogens (tertiary/aromatic N) is 2. The summed E-state index contributed by atoms with van der Waals surface area (Å²) in [6.07, 6.45) is 3.69. The van der Waals surface area contributed by atoms with E-state index in [4.69, 9.17) is 0 Å². The molecular formula is C11H21N3O. The van der Waals surface area contributed by atoms with Gasteiger partial charge in [-0.15, -0.1) is 0 Å². The molecule has 2 heterocycles. The molecule has 0 radical (unpaired) electrons. The van der Waals surface area contributed by atoms with Crippen molar-refractivity contribution in [3.05, 3.63) is 0 Å². The van der Waals surface area contributed by atoms with E-state index in [1.165, 1.54) is 12.8 Å². The molecule has 1 atom stereocenters. The fourth-order valence-corrected chi connectivity index (χ4v) is 2.38. The number of amides is 1. The summed E-state index contributed by atoms with van der Waals surface area (Å²) in [5.41, 5.74) is 0. The number of piperazine rings is 1. The van der Waals surface area contributed by atoms with E-state index in [0.29, 0.717) is 18.5 Å². The summed E-state index contributed by atoms with van der Waals surface area (Å²) in [6.45, 7) is 4.61. The Balaban J connectivity index is 1.71. The summed E-state index contributed by atoms with van der Waals surface area (Å²) in [7, 11) is 2.01. The minimum Gasteiger partial charge on any atom is -0.340 e. The molecule has 2 fully saturated rings. The normalized spacial score (nSPS) is 28.7. The third kappa shape index (κ3) is 2.92. The van der Waals surface area contributed by atoms with Crippen molar-refractivity contribution in [1.82, 2.24) is 15.1 Å². The summed E-state index contributed by atoms with van der Waals surface area (Å²) in [6, 6.07) is 0.650. The fourth-order valence-electron chi connectivity index (χ4n) is 2.38. The second-order valence-electron chi connectivity index (χ2n) is 4.70. The van der Waals surface area contributed by atoms with Crippen molar-refractivity contribution in [2.24, 2.45) is 0 Å². The fraction of sp³-hybridized carbons (Fsp3) is 0.909. The van der Waals surface area contributed by atoms with Crippen LogP contribution in [0.5, 0.6) is 0 Å². The number of likely N-dealkylation sites (N-methyl/N-ethyl adjacent to an activating group) is 1. The standard InChI is InChI=1S/C11H21N3O/c1-13-7-8-14(11(15)9-13)6-4-10-3-2-5-12-10/h10,12H,2-9H2,1H3. The third-order valence-corrected chi connectivity index (χ3v) is 3.42. The van der Waals surface area contributed by atoms with Gasteiger partial charge in [-0.25, -0.2) is 0 Å². The molecule has 2 saturated heterocycles. The van der Waals surface area contributed by atoms with Crippen LogP contribution in [0, 0.1) is 0 Å². The molecule has 0 aromatic heterocycles. The van der Waals surface area contributed by atoms with Gasteiger partial charge in [0.25, 0.3) is 0 Å². The first-order valence-corrected chi connectivity index (χ1v) is 5.95. The van der Waals surface area contributed by atoms with E-state index in [0.717, 1.165) is 32.6 Å². The van der Waals surface area contributed by atoms with Gasteiger partial charge in [-0.1, -0.05) is 0 Å². The van der Waals surface area contributed by atoms with Crippen molar-refractivity contribution < 1.29 is 4.79 Å². The van der Waals surface area contributed by atoms with Crippen LogP contribution >= 0.6 is 0 Å². The van der Waals surface area contributed by atoms with E-state index in [9.17, 15) is 4.79 Å². The molecule has 0 aromatic rings. The molecule has 0 aromatic carbocycles. The van der Waals surface area contributed by atoms with E-state index in [1.54, 1.807) is 0 Å². The summed E-state index contributed by atoms with van der Waals surface area (Å²) in [5.74, 6) is 0.293. The molecule has 1 unspecified atom stereocenters. The second kappa shape index (κ2) is 4.94. The van der Waals surface area contributed by atoms with Crippen LogP contribution in [-0.2, 0) is 4.79 Å². The Bertz CT molecular complexity index is 226. The molecule has 2 rings (SSSR count). The molecule has 2 aliphatic heterocycles. The van der Waals surface area contributed by atoms with Crippen molar-refractivity contribution in [1.29, 1.82) is 0 Å². The predicted molar refractivity (Wildman–Crippen MR) is 59.7 cm³/mol. The lowest BCUT2D eigenvalue weighted by molar-refractivity contribution is -0.135. The Labute approximate surface area is 91.6 Å². The molecule has 0 saturated carbocycles. The highest BCUT2D eigenvalue weighted by molar-refractivity contribution is 5.78. The quantitative estimate of drug-likeness (QED) is 0.708. The Morgan fingerprint density at radius 1 is 1.47 bits per heavy atom. The summed E-state index contributed by atoms with van der Waals surface area (Å²) in [5, 5.41) is 3.47. The Hall–Kier alpha value is -0.610. The van der Waals surface area contributed by atoms with Crippen molar-refractivity contribution in [2.45, 2.75) is 25.3 Å². The number of carbonyl (C=O) groups excluding carboxylic acids is 1. The molecule has 15 heavy (non-hydrogen) atoms. The lowest BCUT2D eigenvalue weighted by Gasteiger charge is -2.32. The molecule has 4 heteroatoms. The maximum atomic E-state index is 11.7. The van der Waals surface area contributed by atoms with E-state index in [1.807, 2.05) is 11.9 Å². The smallest absolute Gasteiger partial charge is 0.236 e. The number of rotatable bonds is 3. The monoisotopic (exact) mass is 211 g/mol. The van der Waals surface area contributed by atoms with Gasteiger partial charge in [0.15, 0.2) is 0 Å². The van der Waals surface area contributed by atoms with Crippen LogP contribution < -0.4 is 5.32 Å². The van der Waals surface area contributed by atoms with Gasteiger partial charge in [0.05, 0.1) is 6.54 Å². The SMILES string of the molecule is CN1CCN(CCC2CCCN2)C(=O)C1. The lowest BCUT2D eigenvalue weighted by atomic mass is 10.1. The van der Waals surface area contributed by atoms with Crippen molar-refractivity contribution in [3.63, 3.8) is 0 Å². The lowest BCUT2D eigenvalue weighted by Crippen LogP contribution is -2.49. The number of nitrogens with one attached hydrogen (secondary N) is 1. The zero-order chi connectivity index (χ0) is 10.7. The van der Waals surface area contributed by atoms with Gasteiger partial charge in [-0.05, 0) is 32.9 Å². The van der Waals surface area contributed by atoms with E-state index in [-0.39, 0.29) is 0 Å². The zero-order valence-corrected chi connectivity index (χ0v) is 9.54. The summed E-state index contributed by atoms with van der Waals surface area (Å²) >= 11 is 0. The molecule has 0 bridgehead atoms. The second-order valence-corrected chi connectivity index (χ2v) is 4.70. The molecule has 4 nitrogen and oxygen atoms in total. The molecule has 1 amide bonds. The molecule has 86 valence electrons. The summed E-state index contributed by atoms with van der Waals surface area (Å²) < 4.78 is 0. The Morgan fingerprint density at radius 3 is 3.00 bits per heavy atom. The average molecular weight is 211 g/mol. The molecule has 1 N–H and O–H groups in total. The Morgan fingerprint density at radius 2 is 2.33 bits per heavy atom. The maximum absolute atomic E-state index is 11.7. The van der Waals surface area contributed by atoms with Gasteiger partial charge in [0, 0.05) is 25.7 Å². The van der Waals surface area contributed by atoms with Gasteiger partial charge >= 0.3 is 0 Å². The first-order valence-electron chi connectivity index (χ1n) is 5.95. The van der Waals surface area contributed by atoms with Crippen LogP contribution in [0.25, 0.3) is 0 Å². The van der Waals surface area contributed by atoms with Gasteiger partial charge in [-0.2, -0.15) is 0 Å². The van der Waals surface area contributed by atoms with Crippen LogP contribution in [0.3, 0.4) is 0 Å². The zero-order valence-electron chi connectivity index (χ0n) is 9.54. The summed E-state index contributed by atoms with van der Waals surface area (Å²) in [4.78, 5) is 15.8. The van der Waals surface area contributed by atoms with Crippen molar-refractivity contribution in [2.75, 3.05) is 39.8 Å². The van der Waals surface area contributed by atoms with Crippen LogP contribution in [0.15, 0.2) is 0 Å². The molecule has 0 spiro atoms. The van der Waals surface area contributed by atoms with Gasteiger partial charge in [-0.3, -0.25) is 9.69 Å². The number of hydrogen-bond acceptors (Lipinski definition) is 3. The average Bonchev–Trinajstić information content (AvgIpc) is 2.69. The highest BCUT2D eigenvalue weighted by Crippen LogP contribution is 2.10. The van der Waals surface area contributed by atoms with E-state index in [2.05, 4.69) is 10.2 Å². The van der Waals surface area contributed by atoms with Crippen LogP contribution in [-0.4, -0.2) is 61.5 Å². The van der Waals surface area contributed by atoms with Crippen LogP contribution in [0.4, 0.5) is 0 Å². The van der Waals surface area contributed by atoms with E-state index < -0.39 is 0 Å². The van der Waals surface area contributed by atoms with Gasteiger partial charge in [0.1, 0.15) is 0 Å². The van der Waals surface area contributed by atoms with Crippen molar-refractivity contribution >= 4 is 5.91 Å². The highest BCUT2D eigenvalue weighted by atomic mass is 16.2. The van der Waals surface area contributed by atoms with Gasteiger partial charge in [0.2, 0.25) is 5.91 Å². The number of hydrogen-bond donors (Lipinski definition) is 1. The third-order valence-electron chi connectivity index (χ3n) is 3.42. The maximum Gasteiger partial charge on any atom is 0.236 e. The minimum absolute atomic E-state index is 0.293. The number of carbonyl (C=O) groups is 1. The van der Waals surface area contributed by atoms with Crippen molar-refractivity contribution in [3.8, 4) is 0 Å². The first kappa shape index (κ1) is 10.9. The van der Waals surface area contributed by atoms with Crippen LogP contribution in [0.2, 0.25) is 0 Å². The van der Waals surface area contributed by atoms with Crippen LogP contribution in [0.1, 0.15) is 19.3 Å². The predicted octanol–water partition coefficient (Wildman–Crippen LogP) is -0.0975.